The molecule has 0 fully saturated rings. The number of nitrogens with zero attached hydrogens (tertiary/aromatic N) is 2. The standard InChI is InChI=1S/C13H16N2O5S/c1-18-10-7-9(8-11(19-2)12(10)20-3)13-14-5-6-15(13)21(4,16)17/h5-8H,1-4H3. The number of hydrogen-bond acceptors (Lipinski definition) is 6. The molecule has 0 saturated carbocycles. The molecule has 0 radical (unpaired) electrons. The van der Waals surface area contributed by atoms with Gasteiger partial charge in [-0.2, -0.15) is 0 Å². The number of hydrogen-bond donors (Lipinski definition) is 0. The predicted molar refractivity (Wildman–Crippen MR) is 77.6 cm³/mol. The van der Waals surface area contributed by atoms with Crippen LogP contribution in [0, 0.1) is 0 Å². The monoisotopic (exact) mass is 312 g/mol. The molecule has 0 amide bonds. The maximum absolute atomic E-state index is 11.8. The molecule has 2 rings (SSSR count). The smallest absolute Gasteiger partial charge is 0.237 e. The number of ether oxygens (including phenoxy) is 3. The van der Waals surface area contributed by atoms with Crippen molar-refractivity contribution in [3.8, 4) is 28.6 Å². The Bertz CT molecular complexity index is 727. The zero-order valence-corrected chi connectivity index (χ0v) is 13.0. The van der Waals surface area contributed by atoms with Gasteiger partial charge in [0, 0.05) is 18.0 Å². The first-order valence-electron chi connectivity index (χ1n) is 5.96. The molecule has 0 aliphatic carbocycles. The van der Waals surface area contributed by atoms with E-state index in [9.17, 15) is 8.42 Å². The second kappa shape index (κ2) is 5.65. The van der Waals surface area contributed by atoms with Crippen molar-refractivity contribution in [3.05, 3.63) is 24.5 Å². The van der Waals surface area contributed by atoms with Crippen molar-refractivity contribution in [2.24, 2.45) is 0 Å². The van der Waals surface area contributed by atoms with Crippen LogP contribution in [0.2, 0.25) is 0 Å². The highest BCUT2D eigenvalue weighted by Gasteiger charge is 2.19. The summed E-state index contributed by atoms with van der Waals surface area (Å²) >= 11 is 0. The Morgan fingerprint density at radius 3 is 2.05 bits per heavy atom. The lowest BCUT2D eigenvalue weighted by Crippen LogP contribution is -2.10. The van der Waals surface area contributed by atoms with Crippen LogP contribution >= 0.6 is 0 Å². The lowest BCUT2D eigenvalue weighted by Gasteiger charge is -2.14. The summed E-state index contributed by atoms with van der Waals surface area (Å²) in [6.07, 6.45) is 3.91. The molecule has 0 spiro atoms. The maximum Gasteiger partial charge on any atom is 0.237 e. The van der Waals surface area contributed by atoms with Crippen molar-refractivity contribution in [3.63, 3.8) is 0 Å². The molecule has 1 aromatic heterocycles. The summed E-state index contributed by atoms with van der Waals surface area (Å²) in [4.78, 5) is 4.09. The minimum atomic E-state index is -3.45. The molecule has 0 atom stereocenters. The zero-order chi connectivity index (χ0) is 15.6. The van der Waals surface area contributed by atoms with E-state index < -0.39 is 10.0 Å². The Kier molecular flexibility index (Phi) is 4.08. The zero-order valence-electron chi connectivity index (χ0n) is 12.2. The number of aromatic nitrogens is 2. The summed E-state index contributed by atoms with van der Waals surface area (Å²) in [6, 6.07) is 3.29. The quantitative estimate of drug-likeness (QED) is 0.830. The van der Waals surface area contributed by atoms with E-state index in [-0.39, 0.29) is 5.82 Å². The number of rotatable bonds is 5. The fourth-order valence-electron chi connectivity index (χ4n) is 1.97. The highest BCUT2D eigenvalue weighted by Crippen LogP contribution is 2.40. The maximum atomic E-state index is 11.8. The normalized spacial score (nSPS) is 11.2. The van der Waals surface area contributed by atoms with Crippen LogP contribution in [-0.2, 0) is 10.0 Å². The highest BCUT2D eigenvalue weighted by atomic mass is 32.2. The van der Waals surface area contributed by atoms with Crippen molar-refractivity contribution in [2.45, 2.75) is 0 Å². The van der Waals surface area contributed by atoms with Crippen LogP contribution in [0.1, 0.15) is 0 Å². The Morgan fingerprint density at radius 2 is 1.62 bits per heavy atom. The molecule has 0 N–H and O–H groups in total. The van der Waals surface area contributed by atoms with Gasteiger partial charge in [0.15, 0.2) is 17.3 Å². The molecule has 0 aliphatic heterocycles. The molecule has 1 aromatic carbocycles. The van der Waals surface area contributed by atoms with Crippen LogP contribution < -0.4 is 14.2 Å². The van der Waals surface area contributed by atoms with E-state index in [2.05, 4.69) is 4.98 Å². The van der Waals surface area contributed by atoms with E-state index in [1.54, 1.807) is 12.1 Å². The SMILES string of the molecule is COc1cc(-c2nccn2S(C)(=O)=O)cc(OC)c1OC. The fourth-order valence-corrected chi connectivity index (χ4v) is 2.71. The lowest BCUT2D eigenvalue weighted by atomic mass is 10.1. The van der Waals surface area contributed by atoms with Gasteiger partial charge in [-0.1, -0.05) is 0 Å². The first-order valence-corrected chi connectivity index (χ1v) is 7.81. The van der Waals surface area contributed by atoms with Crippen LogP contribution in [0.3, 0.4) is 0 Å². The Hall–Kier alpha value is -2.22. The van der Waals surface area contributed by atoms with Gasteiger partial charge in [-0.25, -0.2) is 17.4 Å². The molecular formula is C13H16N2O5S. The minimum Gasteiger partial charge on any atom is -0.493 e. The fraction of sp³-hybridized carbons (Fsp3) is 0.308. The van der Waals surface area contributed by atoms with Gasteiger partial charge in [0.05, 0.1) is 27.6 Å². The summed E-state index contributed by atoms with van der Waals surface area (Å²) in [5.41, 5.74) is 0.542. The average Bonchev–Trinajstić information content (AvgIpc) is 2.95. The van der Waals surface area contributed by atoms with Gasteiger partial charge in [0.1, 0.15) is 0 Å². The molecule has 0 bridgehead atoms. The Morgan fingerprint density at radius 1 is 1.05 bits per heavy atom. The molecule has 1 heterocycles. The third-order valence-corrected chi connectivity index (χ3v) is 3.90. The van der Waals surface area contributed by atoms with E-state index in [4.69, 9.17) is 14.2 Å². The summed E-state index contributed by atoms with van der Waals surface area (Å²) in [7, 11) is 1.03. The van der Waals surface area contributed by atoms with Crippen molar-refractivity contribution >= 4 is 10.0 Å². The van der Waals surface area contributed by atoms with Gasteiger partial charge in [0.25, 0.3) is 0 Å². The van der Waals surface area contributed by atoms with Gasteiger partial charge >= 0.3 is 0 Å². The van der Waals surface area contributed by atoms with Gasteiger partial charge in [-0.05, 0) is 12.1 Å². The summed E-state index contributed by atoms with van der Waals surface area (Å²) in [5, 5.41) is 0. The second-order valence-electron chi connectivity index (χ2n) is 4.22. The first-order chi connectivity index (χ1) is 9.92. The molecule has 2 aromatic rings. The van der Waals surface area contributed by atoms with Crippen molar-refractivity contribution in [1.29, 1.82) is 0 Å². The molecule has 21 heavy (non-hydrogen) atoms. The van der Waals surface area contributed by atoms with Crippen LogP contribution in [0.25, 0.3) is 11.4 Å². The second-order valence-corrected chi connectivity index (χ2v) is 6.08. The number of methoxy groups -OCH3 is 3. The van der Waals surface area contributed by atoms with Gasteiger partial charge in [-0.3, -0.25) is 0 Å². The molecule has 114 valence electrons. The summed E-state index contributed by atoms with van der Waals surface area (Å²) in [6.45, 7) is 0. The molecular weight excluding hydrogens is 296 g/mol. The molecule has 0 saturated heterocycles. The largest absolute Gasteiger partial charge is 0.493 e. The topological polar surface area (TPSA) is 79.7 Å². The summed E-state index contributed by atoms with van der Waals surface area (Å²) in [5.74, 6) is 1.56. The van der Waals surface area contributed by atoms with Crippen LogP contribution in [0.15, 0.2) is 24.5 Å². The molecule has 7 nitrogen and oxygen atoms in total. The van der Waals surface area contributed by atoms with Gasteiger partial charge in [0.2, 0.25) is 15.8 Å². The van der Waals surface area contributed by atoms with Crippen LogP contribution in [-0.4, -0.2) is 45.0 Å². The van der Waals surface area contributed by atoms with Crippen LogP contribution in [0.4, 0.5) is 0 Å². The van der Waals surface area contributed by atoms with Crippen molar-refractivity contribution < 1.29 is 22.6 Å². The van der Waals surface area contributed by atoms with Crippen LogP contribution in [0.5, 0.6) is 17.2 Å². The Labute approximate surface area is 123 Å². The van der Waals surface area contributed by atoms with E-state index in [1.807, 2.05) is 0 Å². The number of benzene rings is 1. The third-order valence-electron chi connectivity index (χ3n) is 2.89. The minimum absolute atomic E-state index is 0.275. The summed E-state index contributed by atoms with van der Waals surface area (Å²) < 4.78 is 40.3. The Balaban J connectivity index is 2.69. The third kappa shape index (κ3) is 2.80. The highest BCUT2D eigenvalue weighted by molar-refractivity contribution is 7.89. The molecule has 0 unspecified atom stereocenters. The molecule has 8 heteroatoms. The van der Waals surface area contributed by atoms with Gasteiger partial charge in [-0.15, -0.1) is 0 Å². The van der Waals surface area contributed by atoms with Crippen molar-refractivity contribution in [2.75, 3.05) is 27.6 Å². The molecule has 0 aliphatic rings. The van der Waals surface area contributed by atoms with E-state index in [0.717, 1.165) is 10.2 Å². The lowest BCUT2D eigenvalue weighted by molar-refractivity contribution is 0.324. The predicted octanol–water partition coefficient (Wildman–Crippen LogP) is 1.38. The van der Waals surface area contributed by atoms with Gasteiger partial charge < -0.3 is 14.2 Å². The van der Waals surface area contributed by atoms with E-state index >= 15 is 0 Å². The van der Waals surface area contributed by atoms with E-state index in [0.29, 0.717) is 22.8 Å². The van der Waals surface area contributed by atoms with E-state index in [1.165, 1.54) is 33.7 Å². The number of imidazole rings is 1. The van der Waals surface area contributed by atoms with Crippen molar-refractivity contribution in [1.82, 2.24) is 8.96 Å². The average molecular weight is 312 g/mol. The first kappa shape index (κ1) is 15.2.